The van der Waals surface area contributed by atoms with Crippen LogP contribution in [0.1, 0.15) is 0 Å². The first-order chi connectivity index (χ1) is 4.00. The number of rotatable bonds is 0. The van der Waals surface area contributed by atoms with E-state index < -0.39 is 27.2 Å². The molecule has 0 aromatic heterocycles. The van der Waals surface area contributed by atoms with E-state index in [1.54, 1.807) is 0 Å². The van der Waals surface area contributed by atoms with Gasteiger partial charge in [-0.15, -0.1) is 0 Å². The molecular weight excluding hydrogens is 372 g/mol. The maximum atomic E-state index is 8.59. The normalized spacial score (nSPS) is 10.5. The SMILES string of the molecule is [Ce+4].[O]=[Cr](=[O])([O-])[O-].[O]=[Cr](=[O])([O-])[O-]. The quantitative estimate of drug-likeness (QED) is 0.408. The molecule has 0 atom stereocenters. The predicted octanol–water partition coefficient (Wildman–Crippen LogP) is -5.24. The molecule has 0 heterocycles. The molecule has 0 saturated carbocycles. The molecule has 8 nitrogen and oxygen atoms in total. The zero-order chi connectivity index (χ0) is 9.00. The second kappa shape index (κ2) is 6.94. The third-order valence-corrected chi connectivity index (χ3v) is 0. The van der Waals surface area contributed by atoms with Gasteiger partial charge in [-0.05, 0) is 0 Å². The molecule has 0 spiro atoms. The van der Waals surface area contributed by atoms with Crippen LogP contribution in [-0.4, -0.2) is 0 Å². The summed E-state index contributed by atoms with van der Waals surface area (Å²) in [5, 5.41) is 0. The van der Waals surface area contributed by atoms with Gasteiger partial charge in [0.1, 0.15) is 0 Å². The fraction of sp³-hybridized carbons (Fsp3) is 0. The third kappa shape index (κ3) is 470. The Bertz CT molecular complexity index is 208. The van der Waals surface area contributed by atoms with Gasteiger partial charge < -0.3 is 0 Å². The first-order valence-electron chi connectivity index (χ1n) is 1.33. The van der Waals surface area contributed by atoms with Gasteiger partial charge in [-0.25, -0.2) is 0 Å². The summed E-state index contributed by atoms with van der Waals surface area (Å²) in [5.74, 6) is 0. The average molecular weight is 372 g/mol. The summed E-state index contributed by atoms with van der Waals surface area (Å²) < 4.78 is 68.8. The van der Waals surface area contributed by atoms with Crippen molar-refractivity contribution < 1.29 is 101 Å². The first kappa shape index (κ1) is 18.3. The summed E-state index contributed by atoms with van der Waals surface area (Å²) in [4.78, 5) is 0. The van der Waals surface area contributed by atoms with E-state index in [0.29, 0.717) is 0 Å². The van der Waals surface area contributed by atoms with Crippen molar-refractivity contribution in [1.82, 2.24) is 0 Å². The van der Waals surface area contributed by atoms with Gasteiger partial charge >= 0.3 is 101 Å². The molecule has 0 bridgehead atoms. The molecule has 0 aliphatic rings. The molecule has 0 amide bonds. The Morgan fingerprint density at radius 2 is 0.636 bits per heavy atom. The average Bonchev–Trinajstić information content (AvgIpc) is 1.12. The molecule has 0 saturated heterocycles. The summed E-state index contributed by atoms with van der Waals surface area (Å²) in [5.41, 5.74) is 0. The van der Waals surface area contributed by atoms with Crippen molar-refractivity contribution in [2.45, 2.75) is 0 Å². The van der Waals surface area contributed by atoms with E-state index >= 15 is 0 Å². The van der Waals surface area contributed by atoms with Crippen molar-refractivity contribution >= 4 is 0 Å². The minimum absolute atomic E-state index is 0. The van der Waals surface area contributed by atoms with Crippen LogP contribution in [0.3, 0.4) is 0 Å². The van der Waals surface area contributed by atoms with Gasteiger partial charge in [-0.1, -0.05) is 0 Å². The molecule has 0 aromatic rings. The van der Waals surface area contributed by atoms with Crippen molar-refractivity contribution in [1.29, 1.82) is 0 Å². The van der Waals surface area contributed by atoms with Gasteiger partial charge in [0.05, 0.1) is 0 Å². The van der Waals surface area contributed by atoms with E-state index in [1.807, 2.05) is 0 Å². The molecule has 0 aliphatic carbocycles. The molecule has 11 heavy (non-hydrogen) atoms. The standard InChI is InChI=1S/Ce.2Cr.8O/q+4;;;;;;;4*-1. The van der Waals surface area contributed by atoms with Crippen molar-refractivity contribution in [2.24, 2.45) is 0 Å². The summed E-state index contributed by atoms with van der Waals surface area (Å²) in [6.45, 7) is 0. The van der Waals surface area contributed by atoms with E-state index in [-0.39, 0.29) is 41.7 Å². The molecule has 0 N–H and O–H groups in total. The molecule has 64 valence electrons. The number of hydrogen-bond donors (Lipinski definition) is 0. The Hall–Kier alpha value is 1.48. The summed E-state index contributed by atoms with van der Waals surface area (Å²) in [7, 11) is 0. The van der Waals surface area contributed by atoms with Crippen molar-refractivity contribution in [3.05, 3.63) is 0 Å². The molecule has 0 radical (unpaired) electrons. The molecule has 0 unspecified atom stereocenters. The van der Waals surface area contributed by atoms with Gasteiger partial charge in [0, 0.05) is 0 Å². The van der Waals surface area contributed by atoms with Crippen LogP contribution >= 0.6 is 0 Å². The molecule has 11 heteroatoms. The molecule has 0 fully saturated rings. The molecule has 0 aliphatic heterocycles. The fourth-order valence-corrected chi connectivity index (χ4v) is 0. The van der Waals surface area contributed by atoms with Gasteiger partial charge in [0.15, 0.2) is 0 Å². The summed E-state index contributed by atoms with van der Waals surface area (Å²) >= 11 is -11.5. The van der Waals surface area contributed by atoms with Crippen LogP contribution < -0.4 is 16.6 Å². The summed E-state index contributed by atoms with van der Waals surface area (Å²) in [6, 6.07) is 0. The van der Waals surface area contributed by atoms with Crippen molar-refractivity contribution in [3.8, 4) is 0 Å². The van der Waals surface area contributed by atoms with E-state index in [0.717, 1.165) is 0 Å². The van der Waals surface area contributed by atoms with Crippen LogP contribution in [0, 0.1) is 41.7 Å². The van der Waals surface area contributed by atoms with Crippen molar-refractivity contribution in [3.63, 3.8) is 0 Å². The Balaban J connectivity index is -0.000000107. The first-order valence-corrected chi connectivity index (χ1v) is 5.50. The number of hydrogen-bond acceptors (Lipinski definition) is 8. The third-order valence-electron chi connectivity index (χ3n) is 0. The van der Waals surface area contributed by atoms with Crippen LogP contribution in [0.4, 0.5) is 0 Å². The zero-order valence-electron chi connectivity index (χ0n) is 4.58. The predicted molar refractivity (Wildman–Crippen MR) is 2.75 cm³/mol. The van der Waals surface area contributed by atoms with E-state index in [9.17, 15) is 0 Å². The van der Waals surface area contributed by atoms with Crippen LogP contribution in [0.2, 0.25) is 0 Å². The van der Waals surface area contributed by atoms with E-state index in [4.69, 9.17) is 31.8 Å². The minimum atomic E-state index is -5.75. The monoisotopic (exact) mass is 372 g/mol. The van der Waals surface area contributed by atoms with Gasteiger partial charge in [0.25, 0.3) is 0 Å². The van der Waals surface area contributed by atoms with E-state index in [1.165, 1.54) is 0 Å². The maximum absolute atomic E-state index is 8.59. The molecular formula is CeCr2O8. The van der Waals surface area contributed by atoms with Crippen LogP contribution in [-0.2, 0) is 42.4 Å². The Kier molecular flexibility index (Phi) is 11.5. The van der Waals surface area contributed by atoms with Gasteiger partial charge in [-0.3, -0.25) is 0 Å². The Morgan fingerprint density at radius 3 is 0.636 bits per heavy atom. The Labute approximate surface area is 99.4 Å². The van der Waals surface area contributed by atoms with Gasteiger partial charge in [-0.2, -0.15) is 0 Å². The topological polar surface area (TPSA) is 161 Å². The van der Waals surface area contributed by atoms with Crippen LogP contribution in [0.15, 0.2) is 0 Å². The zero-order valence-corrected chi connectivity index (χ0v) is 10.3. The van der Waals surface area contributed by atoms with E-state index in [2.05, 4.69) is 0 Å². The fourth-order valence-electron chi connectivity index (χ4n) is 0. The molecule has 0 aromatic carbocycles. The second-order valence-electron chi connectivity index (χ2n) is 0.816. The Morgan fingerprint density at radius 1 is 0.636 bits per heavy atom. The second-order valence-corrected chi connectivity index (χ2v) is 3.37. The van der Waals surface area contributed by atoms with Crippen LogP contribution in [0.5, 0.6) is 0 Å². The summed E-state index contributed by atoms with van der Waals surface area (Å²) in [6.07, 6.45) is 0. The van der Waals surface area contributed by atoms with Gasteiger partial charge in [0.2, 0.25) is 0 Å². The molecule has 0 rings (SSSR count). The van der Waals surface area contributed by atoms with Crippen molar-refractivity contribution in [2.75, 3.05) is 0 Å². The van der Waals surface area contributed by atoms with Crippen LogP contribution in [0.25, 0.3) is 0 Å².